The molecule has 4 N–H and O–H groups in total. The monoisotopic (exact) mass is 284 g/mol. The third-order valence-corrected chi connectivity index (χ3v) is 4.83. The van der Waals surface area contributed by atoms with Crippen LogP contribution in [0.5, 0.6) is 0 Å². The van der Waals surface area contributed by atoms with E-state index < -0.39 is 5.54 Å². The van der Waals surface area contributed by atoms with Crippen LogP contribution in [0.3, 0.4) is 0 Å². The molecule has 0 aliphatic heterocycles. The number of hydrogen-bond donors (Lipinski definition) is 3. The highest BCUT2D eigenvalue weighted by Crippen LogP contribution is 2.33. The zero-order valence-corrected chi connectivity index (χ0v) is 12.1. The lowest BCUT2D eigenvalue weighted by molar-refractivity contribution is 0.0645. The van der Waals surface area contributed by atoms with E-state index in [-0.39, 0.29) is 18.3 Å². The maximum atomic E-state index is 12.2. The number of thiazole rings is 1. The van der Waals surface area contributed by atoms with Gasteiger partial charge >= 0.3 is 0 Å². The van der Waals surface area contributed by atoms with Crippen LogP contribution in [-0.4, -0.2) is 41.7 Å². The summed E-state index contributed by atoms with van der Waals surface area (Å²) in [7, 11) is 1.90. The van der Waals surface area contributed by atoms with Crippen LogP contribution in [0.4, 0.5) is 10.9 Å². The molecule has 1 aromatic heterocycles. The summed E-state index contributed by atoms with van der Waals surface area (Å²) in [5.74, 6) is 0.0183. The van der Waals surface area contributed by atoms with Gasteiger partial charge in [-0.1, -0.05) is 11.3 Å². The third kappa shape index (κ3) is 2.66. The van der Waals surface area contributed by atoms with Crippen LogP contribution in [0.25, 0.3) is 0 Å². The average Bonchev–Trinajstić information content (AvgIpc) is 2.75. The highest BCUT2D eigenvalue weighted by molar-refractivity contribution is 7.18. The summed E-state index contributed by atoms with van der Waals surface area (Å²) in [5, 5.41) is 13.0. The lowest BCUT2D eigenvalue weighted by Crippen LogP contribution is -2.56. The molecule has 0 radical (unpaired) electrons. The number of carbonyl (C=O) groups is 1. The Kier molecular flexibility index (Phi) is 3.96. The molecule has 0 atom stereocenters. The molecule has 1 amide bonds. The van der Waals surface area contributed by atoms with E-state index in [0.717, 1.165) is 30.9 Å². The maximum absolute atomic E-state index is 12.2. The molecule has 1 aliphatic rings. The zero-order chi connectivity index (χ0) is 14.0. The molecule has 1 heterocycles. The summed E-state index contributed by atoms with van der Waals surface area (Å²) < 4.78 is 0. The van der Waals surface area contributed by atoms with Gasteiger partial charge in [-0.15, -0.1) is 0 Å². The first kappa shape index (κ1) is 14.1. The number of carbonyl (C=O) groups excluding carboxylic acids is 1. The number of aliphatic hydroxyl groups is 1. The second-order valence-corrected chi connectivity index (χ2v) is 5.95. The molecule has 1 fully saturated rings. The molecule has 6 nitrogen and oxygen atoms in total. The van der Waals surface area contributed by atoms with Crippen molar-refractivity contribution in [1.29, 1.82) is 0 Å². The molecular weight excluding hydrogens is 264 g/mol. The smallest absolute Gasteiger partial charge is 0.265 e. The molecule has 0 aromatic carbocycles. The molecule has 2 rings (SSSR count). The van der Waals surface area contributed by atoms with Crippen molar-refractivity contribution in [3.8, 4) is 0 Å². The van der Waals surface area contributed by atoms with Gasteiger partial charge < -0.3 is 21.1 Å². The SMILES string of the molecule is CCN(C)c1nc(N)c(C(=O)NC2(CO)CCC2)s1. The van der Waals surface area contributed by atoms with Gasteiger partial charge in [-0.2, -0.15) is 0 Å². The second kappa shape index (κ2) is 5.34. The predicted octanol–water partition coefficient (Wildman–Crippen LogP) is 0.826. The van der Waals surface area contributed by atoms with E-state index in [1.165, 1.54) is 11.3 Å². The van der Waals surface area contributed by atoms with Crippen LogP contribution in [0.15, 0.2) is 0 Å². The highest BCUT2D eigenvalue weighted by Gasteiger charge is 2.38. The number of aliphatic hydroxyl groups excluding tert-OH is 1. The molecule has 1 saturated carbocycles. The van der Waals surface area contributed by atoms with Gasteiger partial charge in [0.25, 0.3) is 5.91 Å². The molecule has 1 aromatic rings. The summed E-state index contributed by atoms with van der Waals surface area (Å²) in [4.78, 5) is 18.8. The van der Waals surface area contributed by atoms with Gasteiger partial charge in [-0.05, 0) is 26.2 Å². The number of nitrogens with zero attached hydrogens (tertiary/aromatic N) is 2. The topological polar surface area (TPSA) is 91.5 Å². The number of rotatable bonds is 5. The van der Waals surface area contributed by atoms with E-state index in [1.807, 2.05) is 18.9 Å². The number of aromatic nitrogens is 1. The van der Waals surface area contributed by atoms with Gasteiger partial charge in [0.15, 0.2) is 5.13 Å². The van der Waals surface area contributed by atoms with Gasteiger partial charge in [-0.25, -0.2) is 4.98 Å². The molecule has 0 unspecified atom stereocenters. The molecular formula is C12H20N4O2S. The summed E-state index contributed by atoms with van der Waals surface area (Å²) >= 11 is 1.28. The number of hydrogen-bond acceptors (Lipinski definition) is 6. The molecule has 106 valence electrons. The highest BCUT2D eigenvalue weighted by atomic mass is 32.1. The van der Waals surface area contributed by atoms with Crippen molar-refractivity contribution < 1.29 is 9.90 Å². The Bertz CT molecular complexity index is 465. The van der Waals surface area contributed by atoms with Gasteiger partial charge in [0, 0.05) is 13.6 Å². The Morgan fingerprint density at radius 2 is 2.32 bits per heavy atom. The van der Waals surface area contributed by atoms with E-state index in [1.54, 1.807) is 0 Å². The van der Waals surface area contributed by atoms with Gasteiger partial charge in [0.1, 0.15) is 10.7 Å². The van der Waals surface area contributed by atoms with E-state index in [0.29, 0.717) is 4.88 Å². The summed E-state index contributed by atoms with van der Waals surface area (Å²) in [6.07, 6.45) is 2.66. The first-order valence-electron chi connectivity index (χ1n) is 6.42. The van der Waals surface area contributed by atoms with Gasteiger partial charge in [0.2, 0.25) is 0 Å². The van der Waals surface area contributed by atoms with Gasteiger partial charge in [-0.3, -0.25) is 4.79 Å². The van der Waals surface area contributed by atoms with E-state index in [2.05, 4.69) is 10.3 Å². The largest absolute Gasteiger partial charge is 0.394 e. The van der Waals surface area contributed by atoms with Crippen molar-refractivity contribution in [2.75, 3.05) is 30.8 Å². The molecule has 0 bridgehead atoms. The molecule has 7 heteroatoms. The quantitative estimate of drug-likeness (QED) is 0.745. The fourth-order valence-electron chi connectivity index (χ4n) is 2.01. The summed E-state index contributed by atoms with van der Waals surface area (Å²) in [5.41, 5.74) is 5.35. The Labute approximate surface area is 116 Å². The Hall–Kier alpha value is -1.34. The van der Waals surface area contributed by atoms with Crippen molar-refractivity contribution in [3.63, 3.8) is 0 Å². The Morgan fingerprint density at radius 1 is 1.63 bits per heavy atom. The minimum atomic E-state index is -0.454. The Morgan fingerprint density at radius 3 is 2.79 bits per heavy atom. The lowest BCUT2D eigenvalue weighted by atomic mass is 9.77. The predicted molar refractivity (Wildman–Crippen MR) is 76.6 cm³/mol. The lowest BCUT2D eigenvalue weighted by Gasteiger charge is -2.40. The van der Waals surface area contributed by atoms with Crippen molar-refractivity contribution in [3.05, 3.63) is 4.88 Å². The number of anilines is 2. The molecule has 0 spiro atoms. The fourth-order valence-corrected chi connectivity index (χ4v) is 2.91. The summed E-state index contributed by atoms with van der Waals surface area (Å²) in [6, 6.07) is 0. The average molecular weight is 284 g/mol. The van der Waals surface area contributed by atoms with Crippen LogP contribution < -0.4 is 16.0 Å². The van der Waals surface area contributed by atoms with Crippen molar-refractivity contribution in [2.45, 2.75) is 31.7 Å². The zero-order valence-electron chi connectivity index (χ0n) is 11.3. The van der Waals surface area contributed by atoms with Crippen LogP contribution >= 0.6 is 11.3 Å². The van der Waals surface area contributed by atoms with E-state index in [9.17, 15) is 9.90 Å². The minimum absolute atomic E-state index is 0.0286. The standard InChI is InChI=1S/C12H20N4O2S/c1-3-16(2)11-14-9(13)8(19-11)10(18)15-12(7-17)5-4-6-12/h17H,3-7,13H2,1-2H3,(H,15,18). The van der Waals surface area contributed by atoms with Crippen LogP contribution in [0.1, 0.15) is 35.9 Å². The number of nitrogens with one attached hydrogen (secondary N) is 1. The third-order valence-electron chi connectivity index (χ3n) is 3.64. The number of nitrogens with two attached hydrogens (primary N) is 1. The second-order valence-electron chi connectivity index (χ2n) is 4.97. The first-order valence-corrected chi connectivity index (χ1v) is 7.24. The fraction of sp³-hybridized carbons (Fsp3) is 0.667. The number of nitrogen functional groups attached to an aromatic ring is 1. The molecule has 0 saturated heterocycles. The molecule has 1 aliphatic carbocycles. The van der Waals surface area contributed by atoms with Crippen LogP contribution in [-0.2, 0) is 0 Å². The van der Waals surface area contributed by atoms with Crippen molar-refractivity contribution in [2.24, 2.45) is 0 Å². The molecule has 19 heavy (non-hydrogen) atoms. The van der Waals surface area contributed by atoms with E-state index >= 15 is 0 Å². The van der Waals surface area contributed by atoms with Crippen molar-refractivity contribution >= 4 is 28.2 Å². The summed E-state index contributed by atoms with van der Waals surface area (Å²) in [6.45, 7) is 2.78. The first-order chi connectivity index (χ1) is 9.01. The van der Waals surface area contributed by atoms with Crippen molar-refractivity contribution in [1.82, 2.24) is 10.3 Å². The Balaban J connectivity index is 2.13. The normalized spacial score (nSPS) is 16.8. The van der Waals surface area contributed by atoms with Crippen LogP contribution in [0.2, 0.25) is 0 Å². The number of amides is 1. The minimum Gasteiger partial charge on any atom is -0.394 e. The maximum Gasteiger partial charge on any atom is 0.265 e. The van der Waals surface area contributed by atoms with E-state index in [4.69, 9.17) is 5.73 Å². The van der Waals surface area contributed by atoms with Crippen LogP contribution in [0, 0.1) is 0 Å². The van der Waals surface area contributed by atoms with Gasteiger partial charge in [0.05, 0.1) is 12.1 Å².